The molecule has 2 heterocycles. The predicted octanol–water partition coefficient (Wildman–Crippen LogP) is 3.54. The molecule has 0 saturated heterocycles. The molecule has 1 unspecified atom stereocenters. The van der Waals surface area contributed by atoms with Gasteiger partial charge in [0.2, 0.25) is 5.88 Å². The Bertz CT molecular complexity index is 592. The molecule has 5 heteroatoms. The highest BCUT2D eigenvalue weighted by molar-refractivity contribution is 6.16. The van der Waals surface area contributed by atoms with Gasteiger partial charge in [0, 0.05) is 12.1 Å². The zero-order valence-corrected chi connectivity index (χ0v) is 12.0. The highest BCUT2D eigenvalue weighted by Crippen LogP contribution is 2.38. The summed E-state index contributed by atoms with van der Waals surface area (Å²) in [4.78, 5) is 9.10. The van der Waals surface area contributed by atoms with Crippen LogP contribution in [0.1, 0.15) is 38.1 Å². The number of rotatable bonds is 5. The van der Waals surface area contributed by atoms with Crippen molar-refractivity contribution in [1.29, 1.82) is 0 Å². The van der Waals surface area contributed by atoms with E-state index in [1.165, 1.54) is 19.3 Å². The summed E-state index contributed by atoms with van der Waals surface area (Å²) in [7, 11) is 1.63. The van der Waals surface area contributed by atoms with E-state index in [2.05, 4.69) is 21.5 Å². The standard InChI is InChI=1S/C14H18ClN3O/c1-9(7-10-3-4-10)18-12(8-15)16-11-5-6-13(19-2)17-14(11)18/h5-6,9-10H,3-4,7-8H2,1-2H3. The zero-order valence-electron chi connectivity index (χ0n) is 11.3. The van der Waals surface area contributed by atoms with Crippen LogP contribution in [0.15, 0.2) is 12.1 Å². The van der Waals surface area contributed by atoms with Crippen molar-refractivity contribution >= 4 is 22.8 Å². The van der Waals surface area contributed by atoms with E-state index in [4.69, 9.17) is 16.3 Å². The molecule has 0 N–H and O–H groups in total. The first-order valence-corrected chi connectivity index (χ1v) is 7.24. The largest absolute Gasteiger partial charge is 0.481 e. The van der Waals surface area contributed by atoms with E-state index >= 15 is 0 Å². The zero-order chi connectivity index (χ0) is 13.4. The van der Waals surface area contributed by atoms with E-state index in [1.54, 1.807) is 7.11 Å². The first-order chi connectivity index (χ1) is 9.22. The lowest BCUT2D eigenvalue weighted by Gasteiger charge is -2.16. The molecule has 0 spiro atoms. The van der Waals surface area contributed by atoms with Crippen LogP contribution in [0.4, 0.5) is 0 Å². The molecule has 0 aliphatic heterocycles. The lowest BCUT2D eigenvalue weighted by molar-refractivity contribution is 0.397. The van der Waals surface area contributed by atoms with Crippen molar-refractivity contribution in [3.8, 4) is 5.88 Å². The van der Waals surface area contributed by atoms with Gasteiger partial charge in [-0.3, -0.25) is 0 Å². The Hall–Kier alpha value is -1.29. The molecule has 4 nitrogen and oxygen atoms in total. The lowest BCUT2D eigenvalue weighted by atomic mass is 10.1. The molecule has 0 bridgehead atoms. The molecular weight excluding hydrogens is 262 g/mol. The SMILES string of the molecule is COc1ccc2nc(CCl)n(C(C)CC3CC3)c2n1. The van der Waals surface area contributed by atoms with Gasteiger partial charge in [-0.05, 0) is 25.3 Å². The maximum atomic E-state index is 6.03. The molecular formula is C14H18ClN3O. The highest BCUT2D eigenvalue weighted by atomic mass is 35.5. The third kappa shape index (κ3) is 2.41. The van der Waals surface area contributed by atoms with E-state index in [9.17, 15) is 0 Å². The third-order valence-electron chi connectivity index (χ3n) is 3.73. The van der Waals surface area contributed by atoms with E-state index in [1.807, 2.05) is 12.1 Å². The van der Waals surface area contributed by atoms with Gasteiger partial charge in [-0.25, -0.2) is 4.98 Å². The molecule has 0 aromatic carbocycles. The minimum absolute atomic E-state index is 0.380. The molecule has 2 aromatic rings. The van der Waals surface area contributed by atoms with E-state index < -0.39 is 0 Å². The van der Waals surface area contributed by atoms with Crippen LogP contribution in [0.2, 0.25) is 0 Å². The predicted molar refractivity (Wildman–Crippen MR) is 75.7 cm³/mol. The molecule has 19 heavy (non-hydrogen) atoms. The van der Waals surface area contributed by atoms with Crippen molar-refractivity contribution < 1.29 is 4.74 Å². The monoisotopic (exact) mass is 279 g/mol. The molecule has 1 fully saturated rings. The normalized spacial score (nSPS) is 16.8. The average molecular weight is 280 g/mol. The van der Waals surface area contributed by atoms with Gasteiger partial charge in [0.25, 0.3) is 0 Å². The first kappa shape index (κ1) is 12.7. The maximum absolute atomic E-state index is 6.03. The quantitative estimate of drug-likeness (QED) is 0.786. The van der Waals surface area contributed by atoms with Crippen LogP contribution < -0.4 is 4.74 Å². The number of aromatic nitrogens is 3. The molecule has 0 amide bonds. The van der Waals surface area contributed by atoms with Gasteiger partial charge in [-0.15, -0.1) is 11.6 Å². The van der Waals surface area contributed by atoms with E-state index in [-0.39, 0.29) is 0 Å². The van der Waals surface area contributed by atoms with E-state index in [0.717, 1.165) is 22.9 Å². The van der Waals surface area contributed by atoms with Crippen molar-refractivity contribution in [2.75, 3.05) is 7.11 Å². The molecule has 102 valence electrons. The van der Waals surface area contributed by atoms with Gasteiger partial charge in [0.05, 0.1) is 13.0 Å². The van der Waals surface area contributed by atoms with Crippen LogP contribution in [0.25, 0.3) is 11.2 Å². The van der Waals surface area contributed by atoms with Crippen molar-refractivity contribution in [2.24, 2.45) is 5.92 Å². The Morgan fingerprint density at radius 3 is 2.84 bits per heavy atom. The molecule has 0 radical (unpaired) electrons. The number of fused-ring (bicyclic) bond motifs is 1. The molecule has 1 aliphatic carbocycles. The van der Waals surface area contributed by atoms with Crippen molar-refractivity contribution in [3.63, 3.8) is 0 Å². The summed E-state index contributed by atoms with van der Waals surface area (Å²) in [6.45, 7) is 2.22. The summed E-state index contributed by atoms with van der Waals surface area (Å²) in [5, 5.41) is 0. The smallest absolute Gasteiger partial charge is 0.215 e. The fourth-order valence-corrected chi connectivity index (χ4v) is 2.80. The topological polar surface area (TPSA) is 39.9 Å². The number of alkyl halides is 1. The Balaban J connectivity index is 2.06. The number of methoxy groups -OCH3 is 1. The second kappa shape index (κ2) is 5.00. The van der Waals surface area contributed by atoms with Crippen LogP contribution >= 0.6 is 11.6 Å². The second-order valence-corrected chi connectivity index (χ2v) is 5.52. The number of hydrogen-bond acceptors (Lipinski definition) is 3. The van der Waals surface area contributed by atoms with Crippen LogP contribution in [-0.4, -0.2) is 21.6 Å². The van der Waals surface area contributed by atoms with Crippen molar-refractivity contribution in [1.82, 2.24) is 14.5 Å². The Kier molecular flexibility index (Phi) is 3.35. The van der Waals surface area contributed by atoms with Crippen LogP contribution in [-0.2, 0) is 5.88 Å². The van der Waals surface area contributed by atoms with Crippen LogP contribution in [0, 0.1) is 5.92 Å². The fourth-order valence-electron chi connectivity index (χ4n) is 2.62. The minimum atomic E-state index is 0.380. The summed E-state index contributed by atoms with van der Waals surface area (Å²) in [5.41, 5.74) is 1.77. The summed E-state index contributed by atoms with van der Waals surface area (Å²) < 4.78 is 7.38. The first-order valence-electron chi connectivity index (χ1n) is 6.70. The summed E-state index contributed by atoms with van der Waals surface area (Å²) in [5.74, 6) is 2.79. The van der Waals surface area contributed by atoms with Crippen LogP contribution in [0.3, 0.4) is 0 Å². The number of nitrogens with zero attached hydrogens (tertiary/aromatic N) is 3. The number of ether oxygens (including phenoxy) is 1. The molecule has 3 rings (SSSR count). The number of hydrogen-bond donors (Lipinski definition) is 0. The van der Waals surface area contributed by atoms with Gasteiger partial charge >= 0.3 is 0 Å². The maximum Gasteiger partial charge on any atom is 0.215 e. The number of imidazole rings is 1. The van der Waals surface area contributed by atoms with Gasteiger partial charge in [-0.2, -0.15) is 4.98 Å². The Morgan fingerprint density at radius 1 is 1.42 bits per heavy atom. The third-order valence-corrected chi connectivity index (χ3v) is 3.96. The molecule has 1 saturated carbocycles. The van der Waals surface area contributed by atoms with Crippen LogP contribution in [0.5, 0.6) is 5.88 Å². The molecule has 2 aromatic heterocycles. The fraction of sp³-hybridized carbons (Fsp3) is 0.571. The highest BCUT2D eigenvalue weighted by Gasteiger charge is 2.26. The lowest BCUT2D eigenvalue weighted by Crippen LogP contribution is -2.10. The summed E-state index contributed by atoms with van der Waals surface area (Å²) in [6.07, 6.45) is 3.88. The molecule has 1 aliphatic rings. The Morgan fingerprint density at radius 2 is 2.21 bits per heavy atom. The minimum Gasteiger partial charge on any atom is -0.481 e. The summed E-state index contributed by atoms with van der Waals surface area (Å²) >= 11 is 6.03. The van der Waals surface area contributed by atoms with Gasteiger partial charge in [0.15, 0.2) is 5.65 Å². The van der Waals surface area contributed by atoms with Gasteiger partial charge in [0.1, 0.15) is 11.3 Å². The second-order valence-electron chi connectivity index (χ2n) is 5.26. The Labute approximate surface area is 117 Å². The average Bonchev–Trinajstić information content (AvgIpc) is 3.15. The number of halogens is 1. The van der Waals surface area contributed by atoms with Crippen molar-refractivity contribution in [2.45, 2.75) is 38.1 Å². The van der Waals surface area contributed by atoms with Crippen molar-refractivity contribution in [3.05, 3.63) is 18.0 Å². The number of pyridine rings is 1. The van der Waals surface area contributed by atoms with E-state index in [0.29, 0.717) is 17.8 Å². The molecule has 1 atom stereocenters. The van der Waals surface area contributed by atoms with Gasteiger partial charge in [-0.1, -0.05) is 12.8 Å². The van der Waals surface area contributed by atoms with Gasteiger partial charge < -0.3 is 9.30 Å². The summed E-state index contributed by atoms with van der Waals surface area (Å²) in [6, 6.07) is 4.16.